The van der Waals surface area contributed by atoms with Crippen LogP contribution in [0.1, 0.15) is 16.1 Å². The number of aromatic nitrogens is 3. The summed E-state index contributed by atoms with van der Waals surface area (Å²) in [7, 11) is 0. The summed E-state index contributed by atoms with van der Waals surface area (Å²) in [6.07, 6.45) is 5.50. The maximum atomic E-state index is 11.2. The minimum atomic E-state index is -0.733. The molecule has 4 N–H and O–H groups in total. The summed E-state index contributed by atoms with van der Waals surface area (Å²) in [4.78, 5) is 11.2. The Kier molecular flexibility index (Phi) is 5.36. The Labute approximate surface area is 164 Å². The van der Waals surface area contributed by atoms with Gasteiger partial charge in [-0.2, -0.15) is 0 Å². The number of carbonyl (C=O) groups excluding carboxylic acids is 1. The highest BCUT2D eigenvalue weighted by molar-refractivity contribution is 6.35. The van der Waals surface area contributed by atoms with Crippen LogP contribution in [0.15, 0.2) is 52.6 Å². The van der Waals surface area contributed by atoms with Crippen molar-refractivity contribution in [3.05, 3.63) is 68.9 Å². The van der Waals surface area contributed by atoms with Crippen LogP contribution in [-0.4, -0.2) is 26.3 Å². The molecule has 0 saturated carbocycles. The van der Waals surface area contributed by atoms with Gasteiger partial charge in [-0.25, -0.2) is 4.68 Å². The van der Waals surface area contributed by atoms with E-state index in [4.69, 9.17) is 46.3 Å². The van der Waals surface area contributed by atoms with Crippen molar-refractivity contribution in [3.8, 4) is 0 Å². The van der Waals surface area contributed by atoms with Crippen LogP contribution < -0.4 is 11.5 Å². The molecule has 6 nitrogen and oxygen atoms in total. The molecule has 1 heterocycles. The molecule has 0 fully saturated rings. The van der Waals surface area contributed by atoms with Gasteiger partial charge >= 0.3 is 0 Å². The lowest BCUT2D eigenvalue weighted by atomic mass is 9.99. The Bertz CT molecular complexity index is 944. The summed E-state index contributed by atoms with van der Waals surface area (Å²) in [5, 5.41) is 8.24. The molecule has 3 rings (SSSR count). The maximum Gasteiger partial charge on any atom is 0.273 e. The number of anilines is 1. The number of rotatable bonds is 4. The molecule has 1 atom stereocenters. The van der Waals surface area contributed by atoms with Gasteiger partial charge < -0.3 is 11.5 Å². The number of allylic oxidation sites excluding steroid dienone is 5. The van der Waals surface area contributed by atoms with E-state index in [9.17, 15) is 4.79 Å². The molecule has 134 valence electrons. The topological polar surface area (TPSA) is 99.8 Å². The Balaban J connectivity index is 1.83. The minimum Gasteiger partial charge on any atom is -0.382 e. The third-order valence-corrected chi connectivity index (χ3v) is 4.72. The van der Waals surface area contributed by atoms with Crippen LogP contribution in [-0.2, 0) is 6.54 Å². The summed E-state index contributed by atoms with van der Waals surface area (Å²) in [5.74, 6) is -0.639. The van der Waals surface area contributed by atoms with E-state index in [1.807, 2.05) is 24.3 Å². The largest absolute Gasteiger partial charge is 0.382 e. The first kappa shape index (κ1) is 18.5. The second kappa shape index (κ2) is 7.53. The third-order valence-electron chi connectivity index (χ3n) is 3.78. The second-order valence-corrected chi connectivity index (χ2v) is 6.95. The molecule has 1 amide bonds. The van der Waals surface area contributed by atoms with Crippen LogP contribution in [0.3, 0.4) is 0 Å². The fourth-order valence-corrected chi connectivity index (χ4v) is 3.31. The first-order valence-corrected chi connectivity index (χ1v) is 8.72. The number of nitrogen functional groups attached to an aromatic ring is 1. The van der Waals surface area contributed by atoms with Gasteiger partial charge in [0.1, 0.15) is 0 Å². The quantitative estimate of drug-likeness (QED) is 0.755. The van der Waals surface area contributed by atoms with Crippen LogP contribution in [0.2, 0.25) is 5.02 Å². The number of alkyl halides is 1. The van der Waals surface area contributed by atoms with Gasteiger partial charge in [0.25, 0.3) is 5.91 Å². The molecule has 26 heavy (non-hydrogen) atoms. The molecule has 0 aliphatic heterocycles. The normalized spacial score (nSPS) is 18.6. The number of primary amides is 1. The van der Waals surface area contributed by atoms with E-state index in [1.54, 1.807) is 18.2 Å². The highest BCUT2D eigenvalue weighted by atomic mass is 35.5. The number of hydrogen-bond donors (Lipinski definition) is 2. The van der Waals surface area contributed by atoms with Gasteiger partial charge in [0.15, 0.2) is 11.5 Å². The van der Waals surface area contributed by atoms with E-state index in [1.165, 1.54) is 4.68 Å². The zero-order valence-corrected chi connectivity index (χ0v) is 15.6. The fourth-order valence-electron chi connectivity index (χ4n) is 2.47. The molecular weight excluding hydrogens is 397 g/mol. The molecule has 1 aromatic carbocycles. The van der Waals surface area contributed by atoms with Gasteiger partial charge in [0, 0.05) is 10.1 Å². The van der Waals surface area contributed by atoms with Crippen LogP contribution in [0.5, 0.6) is 0 Å². The highest BCUT2D eigenvalue weighted by Crippen LogP contribution is 2.32. The first-order valence-electron chi connectivity index (χ1n) is 7.53. The lowest BCUT2D eigenvalue weighted by molar-refractivity contribution is 0.0996. The van der Waals surface area contributed by atoms with Crippen molar-refractivity contribution in [2.45, 2.75) is 11.9 Å². The van der Waals surface area contributed by atoms with Crippen LogP contribution in [0.4, 0.5) is 5.82 Å². The molecule has 1 aliphatic carbocycles. The molecule has 0 radical (unpaired) electrons. The Morgan fingerprint density at radius 1 is 1.27 bits per heavy atom. The van der Waals surface area contributed by atoms with Gasteiger partial charge in [-0.3, -0.25) is 4.79 Å². The summed E-state index contributed by atoms with van der Waals surface area (Å²) >= 11 is 18.8. The van der Waals surface area contributed by atoms with Gasteiger partial charge in [0.05, 0.1) is 11.9 Å². The number of nitrogens with zero attached hydrogens (tertiary/aromatic N) is 3. The molecule has 9 heteroatoms. The Morgan fingerprint density at radius 3 is 2.54 bits per heavy atom. The summed E-state index contributed by atoms with van der Waals surface area (Å²) in [5.41, 5.74) is 13.4. The van der Waals surface area contributed by atoms with Crippen molar-refractivity contribution in [2.24, 2.45) is 5.73 Å². The average Bonchev–Trinajstić information content (AvgIpc) is 2.94. The number of nitrogens with two attached hydrogens (primary N) is 2. The summed E-state index contributed by atoms with van der Waals surface area (Å²) in [6, 6.07) is 7.35. The molecule has 1 aromatic heterocycles. The van der Waals surface area contributed by atoms with Crippen LogP contribution >= 0.6 is 34.8 Å². The van der Waals surface area contributed by atoms with E-state index < -0.39 is 11.3 Å². The zero-order valence-electron chi connectivity index (χ0n) is 13.4. The monoisotopic (exact) mass is 409 g/mol. The minimum absolute atomic E-state index is 0.0674. The number of amides is 1. The van der Waals surface area contributed by atoms with E-state index in [0.717, 1.165) is 16.7 Å². The van der Waals surface area contributed by atoms with Gasteiger partial charge in [-0.15, -0.1) is 16.7 Å². The Morgan fingerprint density at radius 2 is 1.96 bits per heavy atom. The SMILES string of the molecule is NC(=O)c1nnn(CC2=CC(Cl)C(=Cc3ccc(Cl)cc3)C(Cl)=C2)c1N. The molecule has 0 saturated heterocycles. The summed E-state index contributed by atoms with van der Waals surface area (Å²) < 4.78 is 1.37. The van der Waals surface area contributed by atoms with Crippen LogP contribution in [0, 0.1) is 0 Å². The summed E-state index contributed by atoms with van der Waals surface area (Å²) in [6.45, 7) is 0.264. The van der Waals surface area contributed by atoms with Crippen LogP contribution in [0.25, 0.3) is 6.08 Å². The molecular formula is C17H14Cl3N5O. The lowest BCUT2D eigenvalue weighted by Gasteiger charge is -2.18. The first-order chi connectivity index (χ1) is 12.3. The van der Waals surface area contributed by atoms with Gasteiger partial charge in [-0.1, -0.05) is 46.6 Å². The number of benzene rings is 1. The van der Waals surface area contributed by atoms with Crippen molar-refractivity contribution in [1.82, 2.24) is 15.0 Å². The maximum absolute atomic E-state index is 11.2. The van der Waals surface area contributed by atoms with E-state index in [-0.39, 0.29) is 18.1 Å². The van der Waals surface area contributed by atoms with Crippen molar-refractivity contribution in [2.75, 3.05) is 5.73 Å². The van der Waals surface area contributed by atoms with Gasteiger partial charge in [-0.05, 0) is 41.0 Å². The zero-order chi connectivity index (χ0) is 18.8. The number of halogens is 3. The Hall–Kier alpha value is -2.28. The van der Waals surface area contributed by atoms with Crippen molar-refractivity contribution < 1.29 is 4.79 Å². The third kappa shape index (κ3) is 3.93. The van der Waals surface area contributed by atoms with Crippen molar-refractivity contribution >= 4 is 52.6 Å². The average molecular weight is 411 g/mol. The predicted molar refractivity (Wildman–Crippen MR) is 104 cm³/mol. The smallest absolute Gasteiger partial charge is 0.273 e. The predicted octanol–water partition coefficient (Wildman–Crippen LogP) is 3.37. The van der Waals surface area contributed by atoms with E-state index in [2.05, 4.69) is 10.3 Å². The molecule has 1 unspecified atom stereocenters. The highest BCUT2D eigenvalue weighted by Gasteiger charge is 2.20. The fraction of sp³-hybridized carbons (Fsp3) is 0.118. The van der Waals surface area contributed by atoms with Crippen molar-refractivity contribution in [1.29, 1.82) is 0 Å². The lowest BCUT2D eigenvalue weighted by Crippen LogP contribution is -2.15. The van der Waals surface area contributed by atoms with Crippen molar-refractivity contribution in [3.63, 3.8) is 0 Å². The standard InChI is InChI=1S/C17H14Cl3N5O/c18-11-3-1-9(2-4-11)5-12-13(19)6-10(7-14(12)20)8-25-16(21)15(17(22)26)23-24-25/h1-7,13H,8,21H2,(H2,22,26). The second-order valence-electron chi connectivity index (χ2n) is 5.63. The molecule has 1 aliphatic rings. The van der Waals surface area contributed by atoms with E-state index >= 15 is 0 Å². The number of carbonyl (C=O) groups is 1. The molecule has 0 bridgehead atoms. The van der Waals surface area contributed by atoms with E-state index in [0.29, 0.717) is 10.1 Å². The number of hydrogen-bond acceptors (Lipinski definition) is 4. The molecule has 2 aromatic rings. The van der Waals surface area contributed by atoms with Gasteiger partial charge in [0.2, 0.25) is 0 Å². The molecule has 0 spiro atoms.